The molecule has 0 aliphatic rings. The molecule has 0 aliphatic carbocycles. The molecule has 0 unspecified atom stereocenters. The molecule has 362 valence electrons. The Balaban J connectivity index is 1.16. The molecule has 9 aromatic carbocycles. The zero-order valence-corrected chi connectivity index (χ0v) is 38.9. The first-order valence-corrected chi connectivity index (χ1v) is 23.0. The molecular weight excluding hydrogens is 960 g/mol. The topological polar surface area (TPSA) is 18.6 Å². The summed E-state index contributed by atoms with van der Waals surface area (Å²) >= 11 is 0. The summed E-state index contributed by atoms with van der Waals surface area (Å²) in [5.41, 5.74) is 5.75. The molecule has 0 amide bonds. The molecule has 13 heteroatoms. The van der Waals surface area contributed by atoms with E-state index < -0.39 is 35.2 Å². The van der Waals surface area contributed by atoms with Crippen LogP contribution in [0.25, 0.3) is 109 Å². The van der Waals surface area contributed by atoms with Crippen LogP contribution in [0, 0.1) is 27.0 Å². The second-order valence-corrected chi connectivity index (χ2v) is 18.2. The lowest BCUT2D eigenvalue weighted by atomic mass is 9.94. The molecule has 0 atom stereocenters. The fourth-order valence-corrected chi connectivity index (χ4v) is 10.2. The second kappa shape index (κ2) is 17.3. The average Bonchev–Trinajstić information content (AvgIpc) is 3.89. The van der Waals surface area contributed by atoms with Crippen molar-refractivity contribution in [3.63, 3.8) is 0 Å². The second-order valence-electron chi connectivity index (χ2n) is 18.2. The maximum atomic E-state index is 14.0. The summed E-state index contributed by atoms with van der Waals surface area (Å²) in [4.78, 5) is 7.47. The number of fused-ring (bicyclic) bond motifs is 6. The number of hydrogen-bond donors (Lipinski definition) is 0. The molecule has 0 N–H and O–H groups in total. The summed E-state index contributed by atoms with van der Waals surface area (Å²) < 4.78 is 130. The molecule has 11 rings (SSSR count). The molecular formula is C61H35F9N4. The molecule has 74 heavy (non-hydrogen) atoms. The molecule has 11 aromatic rings. The van der Waals surface area contributed by atoms with Gasteiger partial charge in [0.05, 0.1) is 52.0 Å². The maximum absolute atomic E-state index is 14.0. The Hall–Kier alpha value is -9.07. The minimum absolute atomic E-state index is 0.218. The first-order chi connectivity index (χ1) is 35.3. The Kier molecular flexibility index (Phi) is 11.1. The van der Waals surface area contributed by atoms with Crippen molar-refractivity contribution in [3.05, 3.63) is 227 Å². The van der Waals surface area contributed by atoms with Gasteiger partial charge in [-0.3, -0.25) is 0 Å². The zero-order chi connectivity index (χ0) is 52.0. The smallest absolute Gasteiger partial charge is 0.309 e. The van der Waals surface area contributed by atoms with E-state index in [9.17, 15) is 39.5 Å². The van der Waals surface area contributed by atoms with E-state index in [0.29, 0.717) is 77.9 Å². The van der Waals surface area contributed by atoms with Crippen molar-refractivity contribution >= 4 is 55.0 Å². The highest BCUT2D eigenvalue weighted by Crippen LogP contribution is 2.46. The van der Waals surface area contributed by atoms with Crippen LogP contribution < -0.4 is 0 Å². The molecule has 2 aromatic heterocycles. The van der Waals surface area contributed by atoms with Gasteiger partial charge < -0.3 is 9.13 Å². The lowest BCUT2D eigenvalue weighted by Crippen LogP contribution is -2.05. The highest BCUT2D eigenvalue weighted by molar-refractivity contribution is 6.12. The number of aromatic nitrogens is 2. The van der Waals surface area contributed by atoms with Crippen LogP contribution in [0.5, 0.6) is 0 Å². The third-order valence-corrected chi connectivity index (χ3v) is 13.5. The Bertz CT molecular complexity index is 4210. The fraction of sp³-hybridized carbons (Fsp3) is 0.0820. The number of aryl methyl sites for hydroxylation is 2. The van der Waals surface area contributed by atoms with Gasteiger partial charge in [0.25, 0.3) is 0 Å². The van der Waals surface area contributed by atoms with E-state index in [1.165, 1.54) is 6.07 Å². The Labute approximate surface area is 417 Å². The number of para-hydroxylation sites is 2. The van der Waals surface area contributed by atoms with Gasteiger partial charge in [-0.05, 0) is 160 Å². The largest absolute Gasteiger partial charge is 0.416 e. The van der Waals surface area contributed by atoms with Crippen molar-refractivity contribution in [2.45, 2.75) is 32.4 Å². The van der Waals surface area contributed by atoms with E-state index in [-0.39, 0.29) is 16.9 Å². The van der Waals surface area contributed by atoms with Crippen LogP contribution in [0.4, 0.5) is 50.9 Å². The van der Waals surface area contributed by atoms with E-state index >= 15 is 0 Å². The summed E-state index contributed by atoms with van der Waals surface area (Å²) in [6, 6.07) is 47.3. The van der Waals surface area contributed by atoms with Crippen molar-refractivity contribution in [3.8, 4) is 55.9 Å². The van der Waals surface area contributed by atoms with Gasteiger partial charge in [0.15, 0.2) is 11.4 Å². The SMILES string of the molecule is [C-]#[N+]c1cc(C(F)(F)F)ccc1-c1ccc(-n2c3ccccc3c3cc(-c4cc(C)cc(C(F)(F)F)c4)ccc32)c(-c2cc(-n3c4ccccc4c4cc(-c5cc(C)cc(C(F)(F)F)c5)ccc43)ccc2[N+]#[C-])c1. The minimum Gasteiger partial charge on any atom is -0.309 e. The van der Waals surface area contributed by atoms with Crippen LogP contribution in [0.3, 0.4) is 0 Å². The third-order valence-electron chi connectivity index (χ3n) is 13.5. The van der Waals surface area contributed by atoms with Gasteiger partial charge in [-0.15, -0.1) is 0 Å². The third kappa shape index (κ3) is 8.17. The summed E-state index contributed by atoms with van der Waals surface area (Å²) in [5.74, 6) is 0. The summed E-state index contributed by atoms with van der Waals surface area (Å²) in [6.07, 6.45) is -13.8. The molecule has 0 fully saturated rings. The quantitative estimate of drug-likeness (QED) is 0.117. The normalized spacial score (nSPS) is 12.2. The lowest BCUT2D eigenvalue weighted by Gasteiger charge is -2.19. The average molecular weight is 995 g/mol. The summed E-state index contributed by atoms with van der Waals surface area (Å²) in [7, 11) is 0. The Morgan fingerprint density at radius 2 is 0.851 bits per heavy atom. The fourth-order valence-electron chi connectivity index (χ4n) is 10.2. The number of benzene rings is 9. The first-order valence-electron chi connectivity index (χ1n) is 23.0. The highest BCUT2D eigenvalue weighted by atomic mass is 19.4. The van der Waals surface area contributed by atoms with Crippen molar-refractivity contribution in [1.82, 2.24) is 9.13 Å². The van der Waals surface area contributed by atoms with Crippen LogP contribution >= 0.6 is 0 Å². The monoisotopic (exact) mass is 994 g/mol. The van der Waals surface area contributed by atoms with E-state index in [1.54, 1.807) is 68.4 Å². The summed E-state index contributed by atoms with van der Waals surface area (Å²) in [5, 5.41) is 3.05. The highest BCUT2D eigenvalue weighted by Gasteiger charge is 2.33. The summed E-state index contributed by atoms with van der Waals surface area (Å²) in [6.45, 7) is 19.6. The van der Waals surface area contributed by atoms with Crippen molar-refractivity contribution < 1.29 is 39.5 Å². The number of alkyl halides is 9. The van der Waals surface area contributed by atoms with E-state index in [1.807, 2.05) is 88.0 Å². The standard InChI is InChI=1S/C61H35F9N4/c1-34-23-39(27-42(25-34)60(65,66)67)36-13-20-56-49(29-36)46-9-5-7-11-54(46)73(56)44-17-19-52(71-3)48(33-44)51-31-38(45-18-16-41(59(62,63)64)32-53(45)72-4)15-22-58(51)74-55-12-8-6-10-47(55)50-30-37(14-21-57(50)74)40-24-35(2)26-43(28-40)61(68,69)70/h5-33H,1-2H3. The number of rotatable bonds is 6. The van der Waals surface area contributed by atoms with Crippen molar-refractivity contribution in [1.29, 1.82) is 0 Å². The maximum Gasteiger partial charge on any atom is 0.416 e. The van der Waals surface area contributed by atoms with Gasteiger partial charge in [-0.25, -0.2) is 9.69 Å². The molecule has 0 saturated carbocycles. The number of halogens is 9. The number of nitrogens with zero attached hydrogens (tertiary/aromatic N) is 4. The van der Waals surface area contributed by atoms with Gasteiger partial charge in [0, 0.05) is 32.8 Å². The molecule has 0 aliphatic heterocycles. The van der Waals surface area contributed by atoms with Gasteiger partial charge in [-0.2, -0.15) is 39.5 Å². The molecule has 0 bridgehead atoms. The zero-order valence-electron chi connectivity index (χ0n) is 38.9. The predicted molar refractivity (Wildman–Crippen MR) is 274 cm³/mol. The lowest BCUT2D eigenvalue weighted by molar-refractivity contribution is -0.138. The van der Waals surface area contributed by atoms with E-state index in [2.05, 4.69) is 9.69 Å². The van der Waals surface area contributed by atoms with Crippen LogP contribution in [0.2, 0.25) is 0 Å². The van der Waals surface area contributed by atoms with Crippen molar-refractivity contribution in [2.75, 3.05) is 0 Å². The predicted octanol–water partition coefficient (Wildman–Crippen LogP) is 19.3. The van der Waals surface area contributed by atoms with Crippen LogP contribution in [0.1, 0.15) is 27.8 Å². The molecule has 2 heterocycles. The Morgan fingerprint density at radius 3 is 1.39 bits per heavy atom. The van der Waals surface area contributed by atoms with Gasteiger partial charge in [0.1, 0.15) is 0 Å². The molecule has 4 nitrogen and oxygen atoms in total. The molecule has 0 saturated heterocycles. The molecule has 0 radical (unpaired) electrons. The first kappa shape index (κ1) is 47.3. The van der Waals surface area contributed by atoms with E-state index in [4.69, 9.17) is 13.1 Å². The van der Waals surface area contributed by atoms with Crippen LogP contribution in [0.15, 0.2) is 176 Å². The van der Waals surface area contributed by atoms with Gasteiger partial charge in [-0.1, -0.05) is 84.9 Å². The Morgan fingerprint density at radius 1 is 0.351 bits per heavy atom. The van der Waals surface area contributed by atoms with Crippen LogP contribution in [-0.2, 0) is 18.5 Å². The minimum atomic E-state index is -4.71. The van der Waals surface area contributed by atoms with Crippen LogP contribution in [-0.4, -0.2) is 9.13 Å². The van der Waals surface area contributed by atoms with Gasteiger partial charge in [0.2, 0.25) is 0 Å². The van der Waals surface area contributed by atoms with E-state index in [0.717, 1.165) is 63.6 Å². The van der Waals surface area contributed by atoms with Crippen molar-refractivity contribution in [2.24, 2.45) is 0 Å². The number of hydrogen-bond acceptors (Lipinski definition) is 0. The van der Waals surface area contributed by atoms with Gasteiger partial charge >= 0.3 is 18.5 Å². The molecule has 0 spiro atoms.